The monoisotopic (exact) mass is 316 g/mol. The van der Waals surface area contributed by atoms with Crippen LogP contribution in [0.5, 0.6) is 0 Å². The molecule has 2 aliphatic rings. The number of nitrogens with zero attached hydrogens (tertiary/aromatic N) is 2. The van der Waals surface area contributed by atoms with Crippen LogP contribution in [0.25, 0.3) is 0 Å². The highest BCUT2D eigenvalue weighted by Gasteiger charge is 2.13. The molecule has 3 rings (SSSR count). The van der Waals surface area contributed by atoms with Crippen LogP contribution in [-0.4, -0.2) is 31.1 Å². The van der Waals surface area contributed by atoms with Gasteiger partial charge >= 0.3 is 0 Å². The van der Waals surface area contributed by atoms with Crippen LogP contribution in [0, 0.1) is 0 Å². The highest BCUT2D eigenvalue weighted by Crippen LogP contribution is 2.21. The van der Waals surface area contributed by atoms with Gasteiger partial charge in [0, 0.05) is 25.3 Å². The van der Waals surface area contributed by atoms with Gasteiger partial charge < -0.3 is 4.90 Å². The Morgan fingerprint density at radius 2 is 1.25 bits per heavy atom. The molecule has 0 N–H and O–H groups in total. The normalized spacial score (nSPS) is 19.3. The van der Waals surface area contributed by atoms with Gasteiger partial charge in [0.2, 0.25) is 0 Å². The number of anilines is 1. The van der Waals surface area contributed by atoms with Gasteiger partial charge in [-0.15, -0.1) is 24.8 Å². The molecule has 0 aliphatic carbocycles. The van der Waals surface area contributed by atoms with Crippen molar-refractivity contribution in [3.63, 3.8) is 0 Å². The number of piperidine rings is 1. The van der Waals surface area contributed by atoms with E-state index in [9.17, 15) is 0 Å². The molecule has 4 heteroatoms. The fraction of sp³-hybridized carbons (Fsp3) is 0.625. The summed E-state index contributed by atoms with van der Waals surface area (Å²) < 4.78 is 0. The van der Waals surface area contributed by atoms with Gasteiger partial charge in [0.15, 0.2) is 0 Å². The van der Waals surface area contributed by atoms with Crippen molar-refractivity contribution in [2.75, 3.05) is 31.1 Å². The molecule has 1 aromatic rings. The van der Waals surface area contributed by atoms with E-state index in [-0.39, 0.29) is 24.8 Å². The number of benzene rings is 1. The van der Waals surface area contributed by atoms with Gasteiger partial charge in [-0.1, -0.05) is 18.6 Å². The molecule has 0 spiro atoms. The highest BCUT2D eigenvalue weighted by atomic mass is 35.5. The maximum Gasteiger partial charge on any atom is 0.0366 e. The lowest BCUT2D eigenvalue weighted by molar-refractivity contribution is 0.221. The molecule has 2 saturated heterocycles. The van der Waals surface area contributed by atoms with Crippen LogP contribution in [0.3, 0.4) is 0 Å². The molecule has 1 aromatic carbocycles. The first kappa shape index (κ1) is 17.6. The third kappa shape index (κ3) is 4.54. The Labute approximate surface area is 135 Å². The van der Waals surface area contributed by atoms with E-state index in [1.54, 1.807) is 0 Å². The number of hydrogen-bond acceptors (Lipinski definition) is 2. The van der Waals surface area contributed by atoms with Gasteiger partial charge in [-0.3, -0.25) is 4.90 Å². The van der Waals surface area contributed by atoms with Gasteiger partial charge in [0.1, 0.15) is 0 Å². The molecule has 0 aromatic heterocycles. The largest absolute Gasteiger partial charge is 0.372 e. The van der Waals surface area contributed by atoms with E-state index in [2.05, 4.69) is 34.1 Å². The summed E-state index contributed by atoms with van der Waals surface area (Å²) in [7, 11) is 0. The molecular weight excluding hydrogens is 291 g/mol. The van der Waals surface area contributed by atoms with Crippen molar-refractivity contribution in [1.29, 1.82) is 0 Å². The van der Waals surface area contributed by atoms with Crippen molar-refractivity contribution in [3.8, 4) is 0 Å². The van der Waals surface area contributed by atoms with Gasteiger partial charge in [-0.05, 0) is 56.5 Å². The molecule has 0 saturated carbocycles. The number of halogens is 2. The van der Waals surface area contributed by atoms with Crippen LogP contribution in [0.4, 0.5) is 5.69 Å². The lowest BCUT2D eigenvalue weighted by atomic mass is 10.1. The summed E-state index contributed by atoms with van der Waals surface area (Å²) in [6.45, 7) is 6.19. The molecule has 0 unspecified atom stereocenters. The quantitative estimate of drug-likeness (QED) is 0.827. The van der Waals surface area contributed by atoms with Crippen LogP contribution in [0.2, 0.25) is 0 Å². The molecular formula is C16H26Cl2N2. The second kappa shape index (κ2) is 8.76. The molecule has 0 atom stereocenters. The minimum absolute atomic E-state index is 0. The molecule has 114 valence electrons. The van der Waals surface area contributed by atoms with Gasteiger partial charge in [-0.2, -0.15) is 0 Å². The van der Waals surface area contributed by atoms with Crippen molar-refractivity contribution >= 4 is 30.5 Å². The summed E-state index contributed by atoms with van der Waals surface area (Å²) in [4.78, 5) is 5.10. The third-order valence-corrected chi connectivity index (χ3v) is 4.26. The van der Waals surface area contributed by atoms with Crippen molar-refractivity contribution < 1.29 is 0 Å². The fourth-order valence-electron chi connectivity index (χ4n) is 3.16. The average molecular weight is 317 g/mol. The Morgan fingerprint density at radius 3 is 1.85 bits per heavy atom. The second-order valence-corrected chi connectivity index (χ2v) is 5.70. The third-order valence-electron chi connectivity index (χ3n) is 4.26. The van der Waals surface area contributed by atoms with Crippen LogP contribution in [-0.2, 0) is 6.54 Å². The Kier molecular flexibility index (Phi) is 7.71. The smallest absolute Gasteiger partial charge is 0.0366 e. The minimum Gasteiger partial charge on any atom is -0.372 e. The zero-order valence-electron chi connectivity index (χ0n) is 12.1. The van der Waals surface area contributed by atoms with E-state index in [4.69, 9.17) is 0 Å². The van der Waals surface area contributed by atoms with E-state index in [1.807, 2.05) is 0 Å². The van der Waals surface area contributed by atoms with Crippen molar-refractivity contribution in [1.82, 2.24) is 4.90 Å². The van der Waals surface area contributed by atoms with Crippen LogP contribution in [0.1, 0.15) is 37.7 Å². The van der Waals surface area contributed by atoms with E-state index in [0.717, 1.165) is 6.54 Å². The first-order valence-corrected chi connectivity index (χ1v) is 7.48. The van der Waals surface area contributed by atoms with Crippen LogP contribution < -0.4 is 4.90 Å². The first-order valence-electron chi connectivity index (χ1n) is 7.48. The van der Waals surface area contributed by atoms with Gasteiger partial charge in [0.05, 0.1) is 0 Å². The van der Waals surface area contributed by atoms with E-state index < -0.39 is 0 Å². The Balaban J connectivity index is 0.000001000. The van der Waals surface area contributed by atoms with E-state index in [1.165, 1.54) is 69.5 Å². The fourth-order valence-corrected chi connectivity index (χ4v) is 3.16. The Morgan fingerprint density at radius 1 is 0.700 bits per heavy atom. The highest BCUT2D eigenvalue weighted by molar-refractivity contribution is 5.85. The predicted molar refractivity (Wildman–Crippen MR) is 91.5 cm³/mol. The lowest BCUT2D eigenvalue weighted by Crippen LogP contribution is -2.29. The average Bonchev–Trinajstić information content (AvgIpc) is 2.95. The number of rotatable bonds is 3. The summed E-state index contributed by atoms with van der Waals surface area (Å²) in [6.07, 6.45) is 6.90. The zero-order chi connectivity index (χ0) is 12.2. The second-order valence-electron chi connectivity index (χ2n) is 5.70. The first-order chi connectivity index (χ1) is 8.92. The maximum absolute atomic E-state index is 2.59. The van der Waals surface area contributed by atoms with E-state index in [0.29, 0.717) is 0 Å². The van der Waals surface area contributed by atoms with Crippen molar-refractivity contribution in [3.05, 3.63) is 29.8 Å². The molecule has 2 fully saturated rings. The molecule has 0 radical (unpaired) electrons. The van der Waals surface area contributed by atoms with Gasteiger partial charge in [-0.25, -0.2) is 0 Å². The summed E-state index contributed by atoms with van der Waals surface area (Å²) >= 11 is 0. The Hall–Kier alpha value is -0.440. The topological polar surface area (TPSA) is 6.48 Å². The molecule has 2 aliphatic heterocycles. The summed E-state index contributed by atoms with van der Waals surface area (Å²) in [6, 6.07) is 9.26. The predicted octanol–water partition coefficient (Wildman–Crippen LogP) is 4.12. The summed E-state index contributed by atoms with van der Waals surface area (Å²) in [5.74, 6) is 0. The SMILES string of the molecule is Cl.Cl.c1cc(N2CCCC2)ccc1CN1CCCCC1. The molecule has 2 heterocycles. The van der Waals surface area contributed by atoms with Crippen molar-refractivity contribution in [2.24, 2.45) is 0 Å². The molecule has 0 bridgehead atoms. The number of likely N-dealkylation sites (tertiary alicyclic amines) is 1. The molecule has 0 amide bonds. The van der Waals surface area contributed by atoms with Crippen LogP contribution in [0.15, 0.2) is 24.3 Å². The van der Waals surface area contributed by atoms with Crippen LogP contribution >= 0.6 is 24.8 Å². The summed E-state index contributed by atoms with van der Waals surface area (Å²) in [5, 5.41) is 0. The van der Waals surface area contributed by atoms with E-state index >= 15 is 0 Å². The summed E-state index contributed by atoms with van der Waals surface area (Å²) in [5.41, 5.74) is 2.88. The lowest BCUT2D eigenvalue weighted by Gasteiger charge is -2.26. The Bertz CT molecular complexity index is 369. The zero-order valence-corrected chi connectivity index (χ0v) is 13.7. The van der Waals surface area contributed by atoms with Gasteiger partial charge in [0.25, 0.3) is 0 Å². The minimum atomic E-state index is 0. The molecule has 20 heavy (non-hydrogen) atoms. The molecule has 2 nitrogen and oxygen atoms in total. The standard InChI is InChI=1S/C16H24N2.2ClH/c1-2-10-17(11-3-1)14-15-6-8-16(9-7-15)18-12-4-5-13-18;;/h6-9H,1-5,10-14H2;2*1H. The number of hydrogen-bond donors (Lipinski definition) is 0. The van der Waals surface area contributed by atoms with Crippen molar-refractivity contribution in [2.45, 2.75) is 38.6 Å². The maximum atomic E-state index is 2.59.